The first-order valence-corrected chi connectivity index (χ1v) is 9.62. The standard InChI is InChI=1S/C19H21N3O4S/c1-3-26-17(24)9-14-11-27-19(20-14)21-18(25)13-8-16(23)22(10-13)15-6-4-5-12(2)7-15/h4-7,11,13H,3,8-10H2,1-2H3,(H,20,21,25). The first-order valence-electron chi connectivity index (χ1n) is 8.74. The van der Waals surface area contributed by atoms with Gasteiger partial charge in [-0.25, -0.2) is 4.98 Å². The predicted molar refractivity (Wildman–Crippen MR) is 103 cm³/mol. The van der Waals surface area contributed by atoms with Crippen molar-refractivity contribution in [3.63, 3.8) is 0 Å². The summed E-state index contributed by atoms with van der Waals surface area (Å²) < 4.78 is 4.89. The highest BCUT2D eigenvalue weighted by atomic mass is 32.1. The number of rotatable bonds is 6. The van der Waals surface area contributed by atoms with Gasteiger partial charge in [0.2, 0.25) is 11.8 Å². The number of ether oxygens (including phenoxy) is 1. The van der Waals surface area contributed by atoms with Crippen LogP contribution in [0.5, 0.6) is 0 Å². The second-order valence-corrected chi connectivity index (χ2v) is 7.22. The molecule has 1 N–H and O–H groups in total. The van der Waals surface area contributed by atoms with E-state index in [1.807, 2.05) is 31.2 Å². The molecule has 1 atom stereocenters. The van der Waals surface area contributed by atoms with Gasteiger partial charge >= 0.3 is 5.97 Å². The zero-order chi connectivity index (χ0) is 19.4. The van der Waals surface area contributed by atoms with E-state index < -0.39 is 5.92 Å². The molecule has 1 fully saturated rings. The summed E-state index contributed by atoms with van der Waals surface area (Å²) in [5.41, 5.74) is 2.42. The third-order valence-electron chi connectivity index (χ3n) is 4.22. The Hall–Kier alpha value is -2.74. The second-order valence-electron chi connectivity index (χ2n) is 6.36. The highest BCUT2D eigenvalue weighted by Crippen LogP contribution is 2.27. The molecule has 142 valence electrons. The lowest BCUT2D eigenvalue weighted by atomic mass is 10.1. The summed E-state index contributed by atoms with van der Waals surface area (Å²) in [6, 6.07) is 7.66. The minimum atomic E-state index is -0.435. The van der Waals surface area contributed by atoms with Crippen molar-refractivity contribution >= 4 is 39.9 Å². The molecular weight excluding hydrogens is 366 g/mol. The molecule has 8 heteroatoms. The lowest BCUT2D eigenvalue weighted by molar-refractivity contribution is -0.142. The average Bonchev–Trinajstić information content (AvgIpc) is 3.21. The molecule has 0 radical (unpaired) electrons. The molecule has 1 saturated heterocycles. The molecule has 0 saturated carbocycles. The zero-order valence-electron chi connectivity index (χ0n) is 15.2. The number of aromatic nitrogens is 1. The fraction of sp³-hybridized carbons (Fsp3) is 0.368. The van der Waals surface area contributed by atoms with Crippen LogP contribution in [0.25, 0.3) is 0 Å². The van der Waals surface area contributed by atoms with E-state index in [1.54, 1.807) is 17.2 Å². The monoisotopic (exact) mass is 387 g/mol. The van der Waals surface area contributed by atoms with Crippen molar-refractivity contribution < 1.29 is 19.1 Å². The third kappa shape index (κ3) is 4.71. The maximum Gasteiger partial charge on any atom is 0.311 e. The highest BCUT2D eigenvalue weighted by molar-refractivity contribution is 7.13. The van der Waals surface area contributed by atoms with Crippen LogP contribution >= 0.6 is 11.3 Å². The molecule has 0 spiro atoms. The normalized spacial score (nSPS) is 16.4. The number of carbonyl (C=O) groups excluding carboxylic acids is 3. The molecule has 2 aromatic rings. The summed E-state index contributed by atoms with van der Waals surface area (Å²) >= 11 is 1.25. The zero-order valence-corrected chi connectivity index (χ0v) is 16.0. The Morgan fingerprint density at radius 2 is 2.22 bits per heavy atom. The van der Waals surface area contributed by atoms with E-state index in [4.69, 9.17) is 4.74 Å². The van der Waals surface area contributed by atoms with Crippen LogP contribution in [-0.2, 0) is 25.5 Å². The van der Waals surface area contributed by atoms with Gasteiger partial charge in [0.05, 0.1) is 24.6 Å². The van der Waals surface area contributed by atoms with E-state index >= 15 is 0 Å². The minimum absolute atomic E-state index is 0.0668. The van der Waals surface area contributed by atoms with Crippen LogP contribution in [0, 0.1) is 12.8 Å². The molecule has 3 rings (SSSR count). The van der Waals surface area contributed by atoms with Crippen molar-refractivity contribution in [2.45, 2.75) is 26.7 Å². The van der Waals surface area contributed by atoms with Gasteiger partial charge in [-0.05, 0) is 31.5 Å². The molecule has 7 nitrogen and oxygen atoms in total. The summed E-state index contributed by atoms with van der Waals surface area (Å²) in [7, 11) is 0. The number of hydrogen-bond donors (Lipinski definition) is 1. The summed E-state index contributed by atoms with van der Waals surface area (Å²) in [6.07, 6.45) is 0.240. The van der Waals surface area contributed by atoms with Crippen LogP contribution in [0.3, 0.4) is 0 Å². The van der Waals surface area contributed by atoms with Gasteiger partial charge in [-0.15, -0.1) is 11.3 Å². The molecule has 1 aliphatic rings. The summed E-state index contributed by atoms with van der Waals surface area (Å²) in [5.74, 6) is -1.09. The van der Waals surface area contributed by atoms with E-state index in [9.17, 15) is 14.4 Å². The van der Waals surface area contributed by atoms with Crippen molar-refractivity contribution in [3.8, 4) is 0 Å². The van der Waals surface area contributed by atoms with E-state index in [0.29, 0.717) is 24.0 Å². The van der Waals surface area contributed by atoms with Crippen molar-refractivity contribution in [1.82, 2.24) is 4.98 Å². The van der Waals surface area contributed by atoms with Crippen molar-refractivity contribution in [1.29, 1.82) is 0 Å². The Labute approximate surface area is 161 Å². The van der Waals surface area contributed by atoms with Crippen LogP contribution < -0.4 is 10.2 Å². The number of nitrogens with one attached hydrogen (secondary N) is 1. The fourth-order valence-electron chi connectivity index (χ4n) is 2.94. The number of hydrogen-bond acceptors (Lipinski definition) is 6. The Morgan fingerprint density at radius 3 is 2.96 bits per heavy atom. The number of carbonyl (C=O) groups is 3. The van der Waals surface area contributed by atoms with Gasteiger partial charge in [0, 0.05) is 24.0 Å². The topological polar surface area (TPSA) is 88.6 Å². The van der Waals surface area contributed by atoms with Gasteiger partial charge in [-0.2, -0.15) is 0 Å². The van der Waals surface area contributed by atoms with Crippen molar-refractivity contribution in [2.75, 3.05) is 23.4 Å². The smallest absolute Gasteiger partial charge is 0.311 e. The van der Waals surface area contributed by atoms with E-state index in [-0.39, 0.29) is 30.6 Å². The number of esters is 1. The number of aryl methyl sites for hydroxylation is 1. The van der Waals surface area contributed by atoms with Crippen LogP contribution in [0.4, 0.5) is 10.8 Å². The van der Waals surface area contributed by atoms with Crippen molar-refractivity contribution in [3.05, 3.63) is 40.9 Å². The lowest BCUT2D eigenvalue weighted by Crippen LogP contribution is -2.28. The minimum Gasteiger partial charge on any atom is -0.466 e. The van der Waals surface area contributed by atoms with Gasteiger partial charge in [0.1, 0.15) is 0 Å². The SMILES string of the molecule is CCOC(=O)Cc1csc(NC(=O)C2CC(=O)N(c3cccc(C)c3)C2)n1. The quantitative estimate of drug-likeness (QED) is 0.770. The maximum absolute atomic E-state index is 12.5. The first kappa shape index (κ1) is 19.0. The molecule has 0 bridgehead atoms. The summed E-state index contributed by atoms with van der Waals surface area (Å²) in [6.45, 7) is 4.37. The maximum atomic E-state index is 12.5. The fourth-order valence-corrected chi connectivity index (χ4v) is 3.65. The van der Waals surface area contributed by atoms with Crippen LogP contribution in [0.1, 0.15) is 24.6 Å². The predicted octanol–water partition coefficient (Wildman–Crippen LogP) is 2.55. The molecule has 2 heterocycles. The van der Waals surface area contributed by atoms with Gasteiger partial charge < -0.3 is 15.0 Å². The Balaban J connectivity index is 1.60. The molecule has 1 aromatic heterocycles. The number of thiazole rings is 1. The average molecular weight is 387 g/mol. The molecule has 1 aliphatic heterocycles. The molecule has 1 unspecified atom stereocenters. The lowest BCUT2D eigenvalue weighted by Gasteiger charge is -2.17. The molecule has 2 amide bonds. The number of benzene rings is 1. The van der Waals surface area contributed by atoms with E-state index in [0.717, 1.165) is 11.3 Å². The Bertz CT molecular complexity index is 864. The van der Waals surface area contributed by atoms with Gasteiger partial charge in [-0.3, -0.25) is 14.4 Å². The van der Waals surface area contributed by atoms with Gasteiger partial charge in [0.25, 0.3) is 0 Å². The van der Waals surface area contributed by atoms with Gasteiger partial charge in [-0.1, -0.05) is 12.1 Å². The number of anilines is 2. The van der Waals surface area contributed by atoms with Gasteiger partial charge in [0.15, 0.2) is 5.13 Å². The summed E-state index contributed by atoms with van der Waals surface area (Å²) in [5, 5.41) is 4.88. The van der Waals surface area contributed by atoms with Crippen molar-refractivity contribution in [2.24, 2.45) is 5.92 Å². The van der Waals surface area contributed by atoms with E-state index in [1.165, 1.54) is 11.3 Å². The van der Waals surface area contributed by atoms with Crippen LogP contribution in [0.15, 0.2) is 29.6 Å². The Kier molecular flexibility index (Phi) is 5.85. The van der Waals surface area contributed by atoms with Crippen LogP contribution in [0.2, 0.25) is 0 Å². The Morgan fingerprint density at radius 1 is 1.41 bits per heavy atom. The van der Waals surface area contributed by atoms with Crippen LogP contribution in [-0.4, -0.2) is 35.9 Å². The largest absolute Gasteiger partial charge is 0.466 e. The second kappa shape index (κ2) is 8.30. The first-order chi connectivity index (χ1) is 13.0. The number of nitrogens with zero attached hydrogens (tertiary/aromatic N) is 2. The number of amides is 2. The molecule has 1 aromatic carbocycles. The summed E-state index contributed by atoms with van der Waals surface area (Å²) in [4.78, 5) is 42.2. The molecule has 27 heavy (non-hydrogen) atoms. The van der Waals surface area contributed by atoms with E-state index in [2.05, 4.69) is 10.3 Å². The molecule has 0 aliphatic carbocycles. The third-order valence-corrected chi connectivity index (χ3v) is 5.03. The molecular formula is C19H21N3O4S. The highest BCUT2D eigenvalue weighted by Gasteiger charge is 2.35.